The summed E-state index contributed by atoms with van der Waals surface area (Å²) in [6.07, 6.45) is 2.48. The van der Waals surface area contributed by atoms with Crippen molar-refractivity contribution in [3.63, 3.8) is 0 Å². The lowest BCUT2D eigenvalue weighted by Gasteiger charge is -2.34. The topological polar surface area (TPSA) is 46.3 Å². The minimum absolute atomic E-state index is 0. The number of hydrogen-bond acceptors (Lipinski definition) is 2. The lowest BCUT2D eigenvalue weighted by Crippen LogP contribution is -2.47. The van der Waals surface area contributed by atoms with Gasteiger partial charge in [0.25, 0.3) is 0 Å². The summed E-state index contributed by atoms with van der Waals surface area (Å²) in [5.41, 5.74) is 11.1. The van der Waals surface area contributed by atoms with Gasteiger partial charge in [-0.15, -0.1) is 12.4 Å². The summed E-state index contributed by atoms with van der Waals surface area (Å²) in [6.45, 7) is 1.51. The number of likely N-dealkylation sites (tertiary alicyclic amines) is 1. The van der Waals surface area contributed by atoms with Crippen molar-refractivity contribution in [1.82, 2.24) is 4.90 Å². The fourth-order valence-corrected chi connectivity index (χ4v) is 4.36. The van der Waals surface area contributed by atoms with E-state index in [0.717, 1.165) is 31.5 Å². The minimum atomic E-state index is -0.510. The van der Waals surface area contributed by atoms with Gasteiger partial charge in [0.2, 0.25) is 5.91 Å². The molecule has 1 amide bonds. The molecule has 4 rings (SSSR count). The summed E-state index contributed by atoms with van der Waals surface area (Å²) < 4.78 is 0. The van der Waals surface area contributed by atoms with E-state index in [-0.39, 0.29) is 18.3 Å². The predicted molar refractivity (Wildman–Crippen MR) is 131 cm³/mol. The second-order valence-electron chi connectivity index (χ2n) is 8.03. The first kappa shape index (κ1) is 23.3. The Kier molecular flexibility index (Phi) is 8.14. The molecule has 3 aromatic carbocycles. The largest absolute Gasteiger partial charge is 0.341 e. The van der Waals surface area contributed by atoms with Crippen molar-refractivity contribution in [2.24, 2.45) is 5.73 Å². The van der Waals surface area contributed by atoms with Crippen molar-refractivity contribution >= 4 is 29.9 Å². The first-order chi connectivity index (χ1) is 14.6. The molecular weight excluding hydrogens is 427 g/mol. The Morgan fingerprint density at radius 2 is 1.58 bits per heavy atom. The summed E-state index contributed by atoms with van der Waals surface area (Å²) in [6, 6.07) is 26.3. The lowest BCUT2D eigenvalue weighted by atomic mass is 9.87. The second-order valence-corrected chi connectivity index (χ2v) is 8.46. The maximum atomic E-state index is 12.8. The van der Waals surface area contributed by atoms with Crippen LogP contribution in [0.15, 0.2) is 78.9 Å². The van der Waals surface area contributed by atoms with Crippen molar-refractivity contribution in [3.8, 4) is 11.1 Å². The highest BCUT2D eigenvalue weighted by Crippen LogP contribution is 2.31. The van der Waals surface area contributed by atoms with Crippen LogP contribution in [0.25, 0.3) is 11.1 Å². The SMILES string of the molecule is Cl.N[C@H](Cc1ccc(Cl)cc1)C(=O)N1CCC(c2cccc(-c3ccccc3)c2)CC1. The van der Waals surface area contributed by atoms with Gasteiger partial charge < -0.3 is 10.6 Å². The van der Waals surface area contributed by atoms with Crippen molar-refractivity contribution in [3.05, 3.63) is 95.0 Å². The number of nitrogens with two attached hydrogens (primary N) is 1. The molecule has 0 spiro atoms. The molecule has 5 heteroatoms. The molecule has 162 valence electrons. The molecule has 1 aliphatic rings. The summed E-state index contributed by atoms with van der Waals surface area (Å²) >= 11 is 5.93. The molecule has 1 fully saturated rings. The zero-order chi connectivity index (χ0) is 20.9. The summed E-state index contributed by atoms with van der Waals surface area (Å²) in [5.74, 6) is 0.520. The smallest absolute Gasteiger partial charge is 0.239 e. The molecule has 1 heterocycles. The van der Waals surface area contributed by atoms with Gasteiger partial charge in [0.05, 0.1) is 6.04 Å². The van der Waals surface area contributed by atoms with E-state index in [2.05, 4.69) is 48.5 Å². The van der Waals surface area contributed by atoms with E-state index < -0.39 is 6.04 Å². The first-order valence-electron chi connectivity index (χ1n) is 10.5. The molecule has 0 bridgehead atoms. The van der Waals surface area contributed by atoms with Crippen molar-refractivity contribution < 1.29 is 4.79 Å². The molecule has 0 saturated carbocycles. The fourth-order valence-electron chi connectivity index (χ4n) is 4.23. The van der Waals surface area contributed by atoms with E-state index in [1.54, 1.807) is 0 Å². The molecule has 31 heavy (non-hydrogen) atoms. The highest BCUT2D eigenvalue weighted by Gasteiger charge is 2.27. The Hall–Kier alpha value is -2.33. The van der Waals surface area contributed by atoms with Gasteiger partial charge in [0.15, 0.2) is 0 Å². The lowest BCUT2D eigenvalue weighted by molar-refractivity contribution is -0.133. The van der Waals surface area contributed by atoms with Crippen molar-refractivity contribution in [2.75, 3.05) is 13.1 Å². The Labute approximate surface area is 195 Å². The average molecular weight is 455 g/mol. The monoisotopic (exact) mass is 454 g/mol. The molecule has 1 atom stereocenters. The second kappa shape index (κ2) is 10.8. The third-order valence-electron chi connectivity index (χ3n) is 5.96. The maximum absolute atomic E-state index is 12.8. The standard InChI is InChI=1S/C26H27ClN2O.ClH/c27-24-11-9-19(10-12-24)17-25(28)26(30)29-15-13-21(14-16-29)23-8-4-7-22(18-23)20-5-2-1-3-6-20;/h1-12,18,21,25H,13-17,28H2;1H/t25-;/m1./s1. The summed E-state index contributed by atoms with van der Waals surface area (Å²) in [7, 11) is 0. The van der Waals surface area contributed by atoms with Crippen LogP contribution in [0.1, 0.15) is 29.9 Å². The van der Waals surface area contributed by atoms with E-state index in [9.17, 15) is 4.79 Å². The number of rotatable bonds is 5. The van der Waals surface area contributed by atoms with Crippen LogP contribution >= 0.6 is 24.0 Å². The van der Waals surface area contributed by atoms with E-state index in [4.69, 9.17) is 17.3 Å². The Bertz CT molecular complexity index is 984. The van der Waals surface area contributed by atoms with Crippen LogP contribution in [0.4, 0.5) is 0 Å². The number of piperidine rings is 1. The zero-order valence-electron chi connectivity index (χ0n) is 17.4. The number of carbonyl (C=O) groups is 1. The van der Waals surface area contributed by atoms with Crippen LogP contribution in [-0.2, 0) is 11.2 Å². The predicted octanol–water partition coefficient (Wildman–Crippen LogP) is 5.70. The molecule has 0 aromatic heterocycles. The fraction of sp³-hybridized carbons (Fsp3) is 0.269. The van der Waals surface area contributed by atoms with E-state index >= 15 is 0 Å². The normalized spacial score (nSPS) is 15.2. The average Bonchev–Trinajstić information content (AvgIpc) is 2.81. The van der Waals surface area contributed by atoms with Crippen LogP contribution < -0.4 is 5.73 Å². The highest BCUT2D eigenvalue weighted by molar-refractivity contribution is 6.30. The number of nitrogens with zero attached hydrogens (tertiary/aromatic N) is 1. The Morgan fingerprint density at radius 1 is 0.935 bits per heavy atom. The summed E-state index contributed by atoms with van der Waals surface area (Å²) in [5, 5.41) is 0.692. The van der Waals surface area contributed by atoms with Crippen molar-refractivity contribution in [1.29, 1.82) is 0 Å². The van der Waals surface area contributed by atoms with Crippen LogP contribution in [0, 0.1) is 0 Å². The quantitative estimate of drug-likeness (QED) is 0.536. The van der Waals surface area contributed by atoms with Crippen LogP contribution in [0.3, 0.4) is 0 Å². The molecule has 0 aliphatic carbocycles. The van der Waals surface area contributed by atoms with Gasteiger partial charge in [-0.1, -0.05) is 78.3 Å². The molecule has 3 aromatic rings. The van der Waals surface area contributed by atoms with E-state index in [1.807, 2.05) is 35.2 Å². The number of carbonyl (C=O) groups excluding carboxylic acids is 1. The first-order valence-corrected chi connectivity index (χ1v) is 10.9. The number of halogens is 2. The number of hydrogen-bond donors (Lipinski definition) is 1. The Balaban J connectivity index is 0.00000272. The highest BCUT2D eigenvalue weighted by atomic mass is 35.5. The Morgan fingerprint density at radius 3 is 2.26 bits per heavy atom. The van der Waals surface area contributed by atoms with Crippen molar-refractivity contribution in [2.45, 2.75) is 31.2 Å². The molecule has 2 N–H and O–H groups in total. The van der Waals surface area contributed by atoms with Gasteiger partial charge in [0.1, 0.15) is 0 Å². The van der Waals surface area contributed by atoms with Crippen LogP contribution in [0.5, 0.6) is 0 Å². The zero-order valence-corrected chi connectivity index (χ0v) is 19.0. The number of amides is 1. The van der Waals surface area contributed by atoms with E-state index in [0.29, 0.717) is 17.4 Å². The van der Waals surface area contributed by atoms with Crippen LogP contribution in [-0.4, -0.2) is 29.9 Å². The van der Waals surface area contributed by atoms with Gasteiger partial charge in [0, 0.05) is 18.1 Å². The van der Waals surface area contributed by atoms with Gasteiger partial charge in [-0.25, -0.2) is 0 Å². The molecular formula is C26H28Cl2N2O. The van der Waals surface area contributed by atoms with Crippen LogP contribution in [0.2, 0.25) is 5.02 Å². The molecule has 0 radical (unpaired) electrons. The van der Waals surface area contributed by atoms with Gasteiger partial charge in [-0.2, -0.15) is 0 Å². The van der Waals surface area contributed by atoms with Gasteiger partial charge >= 0.3 is 0 Å². The van der Waals surface area contributed by atoms with E-state index in [1.165, 1.54) is 16.7 Å². The van der Waals surface area contributed by atoms with Gasteiger partial charge in [-0.3, -0.25) is 4.79 Å². The molecule has 3 nitrogen and oxygen atoms in total. The third kappa shape index (κ3) is 5.88. The third-order valence-corrected chi connectivity index (χ3v) is 6.21. The molecule has 1 saturated heterocycles. The maximum Gasteiger partial charge on any atom is 0.239 e. The number of benzene rings is 3. The molecule has 1 aliphatic heterocycles. The molecule has 0 unspecified atom stereocenters. The summed E-state index contributed by atoms with van der Waals surface area (Å²) in [4.78, 5) is 14.8. The van der Waals surface area contributed by atoms with Gasteiger partial charge in [-0.05, 0) is 59.6 Å². The minimum Gasteiger partial charge on any atom is -0.341 e.